The molecule has 0 bridgehead atoms. The second kappa shape index (κ2) is 7.13. The summed E-state index contributed by atoms with van der Waals surface area (Å²) in [6.45, 7) is 16.3. The average molecular weight is 394 g/mol. The summed E-state index contributed by atoms with van der Waals surface area (Å²) in [5.41, 5.74) is 2.67. The molecule has 0 spiro atoms. The number of rotatable bonds is 4. The first-order valence-electron chi connectivity index (χ1n) is 10.4. The maximum atomic E-state index is 4.72. The van der Waals surface area contributed by atoms with Crippen molar-refractivity contribution in [2.45, 2.75) is 65.8 Å². The minimum Gasteiger partial charge on any atom is -0.297 e. The zero-order valence-electron chi connectivity index (χ0n) is 18.3. The fourth-order valence-corrected chi connectivity index (χ4v) is 4.26. The summed E-state index contributed by atoms with van der Waals surface area (Å²) >= 11 is 0. The van der Waals surface area contributed by atoms with Gasteiger partial charge < -0.3 is 0 Å². The molecule has 1 aliphatic heterocycles. The first-order valence-corrected chi connectivity index (χ1v) is 10.4. The normalized spacial score (nSPS) is 18.2. The van der Waals surface area contributed by atoms with Gasteiger partial charge in [-0.25, -0.2) is 4.98 Å². The zero-order chi connectivity index (χ0) is 20.8. The lowest BCUT2D eigenvalue weighted by Crippen LogP contribution is -2.41. The van der Waals surface area contributed by atoms with Crippen molar-refractivity contribution in [1.82, 2.24) is 34.4 Å². The first-order chi connectivity index (χ1) is 13.6. The monoisotopic (exact) mass is 393 g/mol. The van der Waals surface area contributed by atoms with Crippen LogP contribution < -0.4 is 0 Å². The number of hydrogen-bond donors (Lipinski definition) is 0. The molecule has 0 amide bonds. The fourth-order valence-electron chi connectivity index (χ4n) is 4.26. The molecule has 0 aromatic carbocycles. The third kappa shape index (κ3) is 3.88. The van der Waals surface area contributed by atoms with Crippen LogP contribution in [0.25, 0.3) is 5.78 Å². The van der Waals surface area contributed by atoms with Crippen molar-refractivity contribution < 1.29 is 0 Å². The van der Waals surface area contributed by atoms with Crippen LogP contribution in [0.4, 0.5) is 0 Å². The molecular formula is C22H31N7. The fraction of sp³-hybridized carbons (Fsp3) is 0.591. The highest BCUT2D eigenvalue weighted by atomic mass is 15.4. The van der Waals surface area contributed by atoms with E-state index in [1.807, 2.05) is 13.1 Å². The maximum absolute atomic E-state index is 4.72. The lowest BCUT2D eigenvalue weighted by Gasteiger charge is -2.41. The van der Waals surface area contributed by atoms with Gasteiger partial charge in [0.05, 0.1) is 5.69 Å². The van der Waals surface area contributed by atoms with Gasteiger partial charge in [0.1, 0.15) is 18.0 Å². The van der Waals surface area contributed by atoms with E-state index in [9.17, 15) is 0 Å². The Kier molecular flexibility index (Phi) is 4.89. The Morgan fingerprint density at radius 2 is 1.90 bits per heavy atom. The third-order valence-corrected chi connectivity index (χ3v) is 6.08. The van der Waals surface area contributed by atoms with Gasteiger partial charge in [-0.1, -0.05) is 40.7 Å². The molecule has 0 fully saturated rings. The van der Waals surface area contributed by atoms with Crippen LogP contribution in [0.1, 0.15) is 69.9 Å². The van der Waals surface area contributed by atoms with Crippen LogP contribution in [0.3, 0.4) is 0 Å². The number of aromatic nitrogens is 6. The molecule has 4 heterocycles. The molecule has 3 aromatic heterocycles. The molecule has 0 aliphatic carbocycles. The lowest BCUT2D eigenvalue weighted by molar-refractivity contribution is 0.157. The van der Waals surface area contributed by atoms with Gasteiger partial charge in [0.15, 0.2) is 0 Å². The summed E-state index contributed by atoms with van der Waals surface area (Å²) in [4.78, 5) is 20.6. The number of aryl methyl sites for hydroxylation is 1. The van der Waals surface area contributed by atoms with E-state index < -0.39 is 0 Å². The van der Waals surface area contributed by atoms with Crippen molar-refractivity contribution in [1.29, 1.82) is 0 Å². The van der Waals surface area contributed by atoms with E-state index in [0.717, 1.165) is 37.7 Å². The summed E-state index contributed by atoms with van der Waals surface area (Å²) in [7, 11) is 0. The van der Waals surface area contributed by atoms with Crippen LogP contribution in [0.2, 0.25) is 0 Å². The van der Waals surface area contributed by atoms with Crippen molar-refractivity contribution in [3.05, 3.63) is 47.6 Å². The largest absolute Gasteiger partial charge is 0.297 e. The highest BCUT2D eigenvalue weighted by Crippen LogP contribution is 2.40. The first kappa shape index (κ1) is 19.9. The summed E-state index contributed by atoms with van der Waals surface area (Å²) in [6, 6.07) is 4.32. The highest BCUT2D eigenvalue weighted by Gasteiger charge is 2.35. The number of pyridine rings is 1. The minimum absolute atomic E-state index is 0.152. The molecule has 0 N–H and O–H groups in total. The van der Waals surface area contributed by atoms with Crippen molar-refractivity contribution in [3.8, 4) is 0 Å². The van der Waals surface area contributed by atoms with Crippen LogP contribution in [-0.2, 0) is 12.0 Å². The van der Waals surface area contributed by atoms with E-state index in [2.05, 4.69) is 66.7 Å². The molecule has 3 aromatic rings. The molecule has 154 valence electrons. The summed E-state index contributed by atoms with van der Waals surface area (Å²) in [5, 5.41) is 4.35. The lowest BCUT2D eigenvalue weighted by atomic mass is 9.74. The molecule has 0 saturated carbocycles. The van der Waals surface area contributed by atoms with Crippen LogP contribution in [-0.4, -0.2) is 47.5 Å². The number of fused-ring (bicyclic) bond motifs is 2. The van der Waals surface area contributed by atoms with Crippen LogP contribution in [0.15, 0.2) is 24.7 Å². The second-order valence-corrected chi connectivity index (χ2v) is 9.89. The molecular weight excluding hydrogens is 362 g/mol. The van der Waals surface area contributed by atoms with Crippen LogP contribution in [0, 0.1) is 12.3 Å². The van der Waals surface area contributed by atoms with Gasteiger partial charge in [0.25, 0.3) is 5.78 Å². The molecule has 1 unspecified atom stereocenters. The zero-order valence-corrected chi connectivity index (χ0v) is 18.3. The maximum Gasteiger partial charge on any atom is 0.255 e. The Morgan fingerprint density at radius 3 is 2.66 bits per heavy atom. The summed E-state index contributed by atoms with van der Waals surface area (Å²) in [6.07, 6.45) is 4.43. The quantitative estimate of drug-likeness (QED) is 0.675. The van der Waals surface area contributed by atoms with Gasteiger partial charge in [-0.15, -0.1) is 0 Å². The minimum atomic E-state index is -0.152. The highest BCUT2D eigenvalue weighted by molar-refractivity contribution is 5.29. The Morgan fingerprint density at radius 1 is 1.10 bits per heavy atom. The topological polar surface area (TPSA) is 72.1 Å². The van der Waals surface area contributed by atoms with Gasteiger partial charge in [0.2, 0.25) is 0 Å². The van der Waals surface area contributed by atoms with Crippen LogP contribution >= 0.6 is 0 Å². The molecule has 1 atom stereocenters. The van der Waals surface area contributed by atoms with E-state index >= 15 is 0 Å². The van der Waals surface area contributed by atoms with Crippen molar-refractivity contribution >= 4 is 5.78 Å². The Hall–Kier alpha value is -2.41. The SMILES string of the molecule is Cc1nc(C(C)(C)CCN2Cc3ncccc3C(C(C)(C)C)C2)n2ncnc2n1. The van der Waals surface area contributed by atoms with Crippen LogP contribution in [0.5, 0.6) is 0 Å². The van der Waals surface area contributed by atoms with Crippen molar-refractivity contribution in [2.75, 3.05) is 13.1 Å². The summed E-state index contributed by atoms with van der Waals surface area (Å²) < 4.78 is 1.78. The molecule has 1 aliphatic rings. The Balaban J connectivity index is 1.56. The van der Waals surface area contributed by atoms with E-state index in [1.54, 1.807) is 10.8 Å². The number of nitrogens with zero attached hydrogens (tertiary/aromatic N) is 7. The van der Waals surface area contributed by atoms with Gasteiger partial charge in [-0.2, -0.15) is 19.6 Å². The van der Waals surface area contributed by atoms with Crippen molar-refractivity contribution in [2.24, 2.45) is 5.41 Å². The Labute approximate surface area is 172 Å². The number of hydrogen-bond acceptors (Lipinski definition) is 6. The molecule has 0 saturated heterocycles. The predicted octanol–water partition coefficient (Wildman–Crippen LogP) is 3.54. The van der Waals surface area contributed by atoms with Gasteiger partial charge >= 0.3 is 0 Å². The average Bonchev–Trinajstić information content (AvgIpc) is 3.12. The predicted molar refractivity (Wildman–Crippen MR) is 113 cm³/mol. The smallest absolute Gasteiger partial charge is 0.255 e. The van der Waals surface area contributed by atoms with Gasteiger partial charge in [-0.3, -0.25) is 9.88 Å². The standard InChI is InChI=1S/C22H31N7/c1-15-26-19(29-20(27-15)24-14-25-29)22(5,6)9-11-28-12-17(21(2,3)4)16-8-7-10-23-18(16)13-28/h7-8,10,14,17H,9,11-13H2,1-6H3. The van der Waals surface area contributed by atoms with E-state index in [1.165, 1.54) is 11.3 Å². The molecule has 4 rings (SSSR count). The molecule has 0 radical (unpaired) electrons. The molecule has 7 heteroatoms. The second-order valence-electron chi connectivity index (χ2n) is 9.89. The molecule has 7 nitrogen and oxygen atoms in total. The Bertz CT molecular complexity index is 1020. The van der Waals surface area contributed by atoms with E-state index in [-0.39, 0.29) is 10.8 Å². The third-order valence-electron chi connectivity index (χ3n) is 6.08. The summed E-state index contributed by atoms with van der Waals surface area (Å²) in [5.74, 6) is 2.74. The van der Waals surface area contributed by atoms with Gasteiger partial charge in [0, 0.05) is 30.6 Å². The van der Waals surface area contributed by atoms with Crippen molar-refractivity contribution in [3.63, 3.8) is 0 Å². The van der Waals surface area contributed by atoms with Gasteiger partial charge in [-0.05, 0) is 36.9 Å². The molecule has 29 heavy (non-hydrogen) atoms. The van der Waals surface area contributed by atoms with E-state index in [0.29, 0.717) is 11.7 Å². The van der Waals surface area contributed by atoms with E-state index in [4.69, 9.17) is 9.97 Å².